The number of ether oxygens (including phenoxy) is 1. The number of hydrogen-bond acceptors (Lipinski definition) is 4. The number of nitrogens with zero attached hydrogens (tertiary/aromatic N) is 1. The summed E-state index contributed by atoms with van der Waals surface area (Å²) in [5.74, 6) is 5.35. The highest BCUT2D eigenvalue weighted by Crippen LogP contribution is 2.19. The van der Waals surface area contributed by atoms with Gasteiger partial charge in [-0.3, -0.25) is 15.2 Å². The van der Waals surface area contributed by atoms with Crippen LogP contribution in [-0.4, -0.2) is 10.9 Å². The third-order valence-electron chi connectivity index (χ3n) is 3.10. The van der Waals surface area contributed by atoms with Gasteiger partial charge in [-0.2, -0.15) is 0 Å². The molecule has 1 heterocycles. The Labute approximate surface area is 131 Å². The molecule has 1 aromatic heterocycles. The molecule has 21 heavy (non-hydrogen) atoms. The zero-order valence-electron chi connectivity index (χ0n) is 11.5. The van der Waals surface area contributed by atoms with Gasteiger partial charge in [0.05, 0.1) is 12.1 Å². The van der Waals surface area contributed by atoms with E-state index in [4.69, 9.17) is 10.6 Å². The van der Waals surface area contributed by atoms with Crippen LogP contribution in [0.15, 0.2) is 47.2 Å². The Balaban J connectivity index is 1.98. The number of carbonyl (C=O) groups is 1. The maximum atomic E-state index is 11.5. The number of aromatic nitrogens is 1. The van der Waals surface area contributed by atoms with E-state index in [9.17, 15) is 4.79 Å². The van der Waals surface area contributed by atoms with Crippen molar-refractivity contribution in [1.82, 2.24) is 10.4 Å². The van der Waals surface area contributed by atoms with E-state index in [0.29, 0.717) is 12.4 Å². The second kappa shape index (κ2) is 7.19. The first-order chi connectivity index (χ1) is 10.1. The van der Waals surface area contributed by atoms with Crippen LogP contribution in [0.1, 0.15) is 24.0 Å². The fourth-order valence-electron chi connectivity index (χ4n) is 1.82. The smallest absolute Gasteiger partial charge is 0.241 e. The molecule has 0 radical (unpaired) electrons. The number of nitrogens with two attached hydrogens (primary N) is 1. The molecule has 0 aliphatic rings. The number of pyridine rings is 1. The fraction of sp³-hybridized carbons (Fsp3) is 0.200. The first-order valence-corrected chi connectivity index (χ1v) is 7.22. The summed E-state index contributed by atoms with van der Waals surface area (Å²) >= 11 is 3.34. The number of rotatable bonds is 5. The SMILES string of the molecule is CC(C(=O)NN)c1ccc(COc2cncc(Br)c2)cc1. The molecule has 6 heteroatoms. The summed E-state index contributed by atoms with van der Waals surface area (Å²) in [4.78, 5) is 15.5. The van der Waals surface area contributed by atoms with E-state index >= 15 is 0 Å². The summed E-state index contributed by atoms with van der Waals surface area (Å²) in [6, 6.07) is 9.52. The van der Waals surface area contributed by atoms with Gasteiger partial charge in [0.1, 0.15) is 12.4 Å². The van der Waals surface area contributed by atoms with E-state index in [0.717, 1.165) is 15.6 Å². The number of carbonyl (C=O) groups excluding carboxylic acids is 1. The van der Waals surface area contributed by atoms with Crippen molar-refractivity contribution in [3.63, 3.8) is 0 Å². The lowest BCUT2D eigenvalue weighted by Crippen LogP contribution is -2.33. The van der Waals surface area contributed by atoms with Gasteiger partial charge >= 0.3 is 0 Å². The predicted octanol–water partition coefficient (Wildman–Crippen LogP) is 2.52. The molecule has 0 saturated carbocycles. The molecule has 0 fully saturated rings. The number of hydrogen-bond donors (Lipinski definition) is 2. The molecule has 2 aromatic rings. The molecule has 1 aromatic carbocycles. The van der Waals surface area contributed by atoms with Gasteiger partial charge in [0.2, 0.25) is 5.91 Å². The van der Waals surface area contributed by atoms with Crippen molar-refractivity contribution in [2.75, 3.05) is 0 Å². The molecule has 3 N–H and O–H groups in total. The molecular formula is C15H16BrN3O2. The summed E-state index contributed by atoms with van der Waals surface area (Å²) in [5.41, 5.74) is 4.08. The van der Waals surface area contributed by atoms with Gasteiger partial charge < -0.3 is 4.74 Å². The lowest BCUT2D eigenvalue weighted by Gasteiger charge is -2.11. The van der Waals surface area contributed by atoms with Crippen LogP contribution in [0, 0.1) is 0 Å². The van der Waals surface area contributed by atoms with E-state index in [1.165, 1.54) is 0 Å². The molecule has 5 nitrogen and oxygen atoms in total. The summed E-state index contributed by atoms with van der Waals surface area (Å²) < 4.78 is 6.52. The normalized spacial score (nSPS) is 11.8. The van der Waals surface area contributed by atoms with Gasteiger partial charge in [0, 0.05) is 10.7 Å². The number of halogens is 1. The quantitative estimate of drug-likeness (QED) is 0.494. The minimum atomic E-state index is -0.278. The minimum Gasteiger partial charge on any atom is -0.487 e. The summed E-state index contributed by atoms with van der Waals surface area (Å²) in [5, 5.41) is 0. The third-order valence-corrected chi connectivity index (χ3v) is 3.53. The average Bonchev–Trinajstić information content (AvgIpc) is 2.52. The number of nitrogens with one attached hydrogen (secondary N) is 1. The van der Waals surface area contributed by atoms with E-state index in [2.05, 4.69) is 26.3 Å². The Hall–Kier alpha value is -1.92. The van der Waals surface area contributed by atoms with Crippen LogP contribution in [0.5, 0.6) is 5.75 Å². The van der Waals surface area contributed by atoms with Crippen molar-refractivity contribution in [2.45, 2.75) is 19.4 Å². The van der Waals surface area contributed by atoms with Crippen LogP contribution >= 0.6 is 15.9 Å². The maximum absolute atomic E-state index is 11.5. The highest BCUT2D eigenvalue weighted by atomic mass is 79.9. The van der Waals surface area contributed by atoms with Crippen LogP contribution in [-0.2, 0) is 11.4 Å². The summed E-state index contributed by atoms with van der Waals surface area (Å²) in [6.45, 7) is 2.25. The molecular weight excluding hydrogens is 334 g/mol. The Morgan fingerprint density at radius 1 is 1.38 bits per heavy atom. The Bertz CT molecular complexity index is 617. The third kappa shape index (κ3) is 4.27. The average molecular weight is 350 g/mol. The van der Waals surface area contributed by atoms with E-state index in [1.54, 1.807) is 19.3 Å². The topological polar surface area (TPSA) is 77.2 Å². The van der Waals surface area contributed by atoms with Crippen LogP contribution in [0.25, 0.3) is 0 Å². The van der Waals surface area contributed by atoms with E-state index < -0.39 is 0 Å². The first-order valence-electron chi connectivity index (χ1n) is 6.43. The number of hydrazine groups is 1. The predicted molar refractivity (Wildman–Crippen MR) is 83.5 cm³/mol. The lowest BCUT2D eigenvalue weighted by atomic mass is 9.99. The Kier molecular flexibility index (Phi) is 5.30. The van der Waals surface area contributed by atoms with Crippen LogP contribution in [0.4, 0.5) is 0 Å². The second-order valence-electron chi connectivity index (χ2n) is 4.60. The van der Waals surface area contributed by atoms with Crippen LogP contribution < -0.4 is 16.0 Å². The molecule has 1 unspecified atom stereocenters. The second-order valence-corrected chi connectivity index (χ2v) is 5.52. The standard InChI is InChI=1S/C15H16BrN3O2/c1-10(15(20)19-17)12-4-2-11(3-5-12)9-21-14-6-13(16)7-18-8-14/h2-8,10H,9,17H2,1H3,(H,19,20). The van der Waals surface area contributed by atoms with Gasteiger partial charge in [-0.1, -0.05) is 24.3 Å². The monoisotopic (exact) mass is 349 g/mol. The molecule has 0 spiro atoms. The van der Waals surface area contributed by atoms with Gasteiger partial charge in [-0.15, -0.1) is 0 Å². The minimum absolute atomic E-state index is 0.209. The Morgan fingerprint density at radius 3 is 2.71 bits per heavy atom. The van der Waals surface area contributed by atoms with Crippen molar-refractivity contribution in [1.29, 1.82) is 0 Å². The molecule has 1 amide bonds. The van der Waals surface area contributed by atoms with E-state index in [1.807, 2.05) is 30.3 Å². The first kappa shape index (κ1) is 15.5. The molecule has 2 rings (SSSR count). The van der Waals surface area contributed by atoms with Crippen molar-refractivity contribution in [2.24, 2.45) is 5.84 Å². The molecule has 0 bridgehead atoms. The zero-order valence-corrected chi connectivity index (χ0v) is 13.1. The van der Waals surface area contributed by atoms with Gasteiger partial charge in [-0.05, 0) is 40.0 Å². The van der Waals surface area contributed by atoms with E-state index in [-0.39, 0.29) is 11.8 Å². The molecule has 0 aliphatic heterocycles. The van der Waals surface area contributed by atoms with Gasteiger partial charge in [0.15, 0.2) is 0 Å². The van der Waals surface area contributed by atoms with Crippen LogP contribution in [0.3, 0.4) is 0 Å². The van der Waals surface area contributed by atoms with Gasteiger partial charge in [0.25, 0.3) is 0 Å². The summed E-state index contributed by atoms with van der Waals surface area (Å²) in [6.07, 6.45) is 3.36. The van der Waals surface area contributed by atoms with Crippen molar-refractivity contribution < 1.29 is 9.53 Å². The van der Waals surface area contributed by atoms with Crippen LogP contribution in [0.2, 0.25) is 0 Å². The van der Waals surface area contributed by atoms with Crippen molar-refractivity contribution in [3.05, 3.63) is 58.3 Å². The molecule has 0 saturated heterocycles. The van der Waals surface area contributed by atoms with Gasteiger partial charge in [-0.25, -0.2) is 5.84 Å². The maximum Gasteiger partial charge on any atom is 0.241 e. The molecule has 0 aliphatic carbocycles. The molecule has 1 atom stereocenters. The largest absolute Gasteiger partial charge is 0.487 e. The zero-order chi connectivity index (χ0) is 15.2. The van der Waals surface area contributed by atoms with Crippen molar-refractivity contribution >= 4 is 21.8 Å². The highest BCUT2D eigenvalue weighted by molar-refractivity contribution is 9.10. The lowest BCUT2D eigenvalue weighted by molar-refractivity contribution is -0.122. The highest BCUT2D eigenvalue weighted by Gasteiger charge is 2.13. The summed E-state index contributed by atoms with van der Waals surface area (Å²) in [7, 11) is 0. The fourth-order valence-corrected chi connectivity index (χ4v) is 2.16. The van der Waals surface area contributed by atoms with Crippen molar-refractivity contribution in [3.8, 4) is 5.75 Å². The molecule has 110 valence electrons. The number of benzene rings is 1. The Morgan fingerprint density at radius 2 is 2.10 bits per heavy atom. The number of amides is 1.